The van der Waals surface area contributed by atoms with Gasteiger partial charge in [-0.2, -0.15) is 0 Å². The van der Waals surface area contributed by atoms with Crippen LogP contribution in [-0.2, 0) is 0 Å². The lowest BCUT2D eigenvalue weighted by Gasteiger charge is -2.34. The number of hydrogen-bond donors (Lipinski definition) is 0. The number of carbonyl (C=O) groups is 2. The SMILES string of the molecule is Cc1ccc(C(=O)N2CCN(C(=O)c3ccco3)CC2)cc1[N+](=O)[O-]. The molecule has 1 aliphatic rings. The van der Waals surface area contributed by atoms with Gasteiger partial charge >= 0.3 is 0 Å². The van der Waals surface area contributed by atoms with Crippen LogP contribution in [0.5, 0.6) is 0 Å². The molecule has 0 radical (unpaired) electrons. The summed E-state index contributed by atoms with van der Waals surface area (Å²) in [4.78, 5) is 38.6. The van der Waals surface area contributed by atoms with Gasteiger partial charge in [-0.3, -0.25) is 19.7 Å². The maximum absolute atomic E-state index is 12.6. The zero-order valence-corrected chi connectivity index (χ0v) is 13.7. The number of amides is 2. The van der Waals surface area contributed by atoms with Crippen LogP contribution in [0.3, 0.4) is 0 Å². The van der Waals surface area contributed by atoms with Crippen molar-refractivity contribution in [3.05, 3.63) is 63.6 Å². The molecular weight excluding hydrogens is 326 g/mol. The molecule has 0 unspecified atom stereocenters. The fourth-order valence-corrected chi connectivity index (χ4v) is 2.79. The standard InChI is InChI=1S/C17H17N3O5/c1-12-4-5-13(11-14(12)20(23)24)16(21)18-6-8-19(9-7-18)17(22)15-3-2-10-25-15/h2-5,10-11H,6-9H2,1H3. The van der Waals surface area contributed by atoms with E-state index in [1.807, 2.05) is 0 Å². The molecule has 0 bridgehead atoms. The molecule has 0 aliphatic carbocycles. The van der Waals surface area contributed by atoms with Crippen LogP contribution in [0, 0.1) is 17.0 Å². The highest BCUT2D eigenvalue weighted by atomic mass is 16.6. The summed E-state index contributed by atoms with van der Waals surface area (Å²) in [6, 6.07) is 7.72. The van der Waals surface area contributed by atoms with Crippen LogP contribution in [0.15, 0.2) is 41.0 Å². The summed E-state index contributed by atoms with van der Waals surface area (Å²) in [5.41, 5.74) is 0.719. The van der Waals surface area contributed by atoms with Crippen molar-refractivity contribution in [1.82, 2.24) is 9.80 Å². The molecule has 1 aromatic heterocycles. The predicted octanol–water partition coefficient (Wildman–Crippen LogP) is 2.09. The van der Waals surface area contributed by atoms with Gasteiger partial charge in [-0.25, -0.2) is 0 Å². The first kappa shape index (κ1) is 16.7. The molecule has 8 nitrogen and oxygen atoms in total. The third-order valence-corrected chi connectivity index (χ3v) is 4.24. The second-order valence-electron chi connectivity index (χ2n) is 5.82. The topological polar surface area (TPSA) is 96.9 Å². The Hall–Kier alpha value is -3.16. The van der Waals surface area contributed by atoms with E-state index >= 15 is 0 Å². The quantitative estimate of drug-likeness (QED) is 0.628. The first-order valence-electron chi connectivity index (χ1n) is 7.84. The molecule has 2 amide bonds. The van der Waals surface area contributed by atoms with Gasteiger partial charge in [-0.1, -0.05) is 6.07 Å². The van der Waals surface area contributed by atoms with Gasteiger partial charge in [-0.05, 0) is 25.1 Å². The van der Waals surface area contributed by atoms with E-state index in [1.165, 1.54) is 12.3 Å². The molecule has 8 heteroatoms. The summed E-state index contributed by atoms with van der Waals surface area (Å²) in [7, 11) is 0. The molecule has 2 heterocycles. The number of aryl methyl sites for hydroxylation is 1. The number of rotatable bonds is 3. The van der Waals surface area contributed by atoms with E-state index in [0.717, 1.165) is 0 Å². The van der Waals surface area contributed by atoms with E-state index in [0.29, 0.717) is 31.7 Å². The Morgan fingerprint density at radius 3 is 2.28 bits per heavy atom. The van der Waals surface area contributed by atoms with Crippen LogP contribution >= 0.6 is 0 Å². The van der Waals surface area contributed by atoms with E-state index in [4.69, 9.17) is 4.42 Å². The highest BCUT2D eigenvalue weighted by molar-refractivity contribution is 5.95. The first-order valence-corrected chi connectivity index (χ1v) is 7.84. The Balaban J connectivity index is 1.67. The van der Waals surface area contributed by atoms with Gasteiger partial charge in [0, 0.05) is 43.4 Å². The van der Waals surface area contributed by atoms with Crippen molar-refractivity contribution in [3.63, 3.8) is 0 Å². The number of benzene rings is 1. The molecule has 1 fully saturated rings. The molecular formula is C17H17N3O5. The first-order chi connectivity index (χ1) is 12.0. The maximum atomic E-state index is 12.6. The molecule has 2 aromatic rings. The minimum atomic E-state index is -0.494. The van der Waals surface area contributed by atoms with Crippen molar-refractivity contribution in [2.24, 2.45) is 0 Å². The molecule has 0 N–H and O–H groups in total. The fraction of sp³-hybridized carbons (Fsp3) is 0.294. The van der Waals surface area contributed by atoms with Crippen molar-refractivity contribution >= 4 is 17.5 Å². The fourth-order valence-electron chi connectivity index (χ4n) is 2.79. The molecule has 3 rings (SSSR count). The lowest BCUT2D eigenvalue weighted by molar-refractivity contribution is -0.385. The Labute approximate surface area is 143 Å². The van der Waals surface area contributed by atoms with Gasteiger partial charge in [0.1, 0.15) is 0 Å². The van der Waals surface area contributed by atoms with Crippen LogP contribution in [-0.4, -0.2) is 52.7 Å². The lowest BCUT2D eigenvalue weighted by atomic mass is 10.1. The van der Waals surface area contributed by atoms with Crippen molar-refractivity contribution in [2.45, 2.75) is 6.92 Å². The minimum absolute atomic E-state index is 0.0718. The van der Waals surface area contributed by atoms with E-state index in [9.17, 15) is 19.7 Å². The van der Waals surface area contributed by atoms with Gasteiger partial charge in [0.15, 0.2) is 5.76 Å². The Morgan fingerprint density at radius 2 is 1.72 bits per heavy atom. The van der Waals surface area contributed by atoms with Gasteiger partial charge in [0.05, 0.1) is 11.2 Å². The molecule has 1 saturated heterocycles. The number of nitrogens with zero attached hydrogens (tertiary/aromatic N) is 3. The average molecular weight is 343 g/mol. The number of nitro groups is 1. The number of hydrogen-bond acceptors (Lipinski definition) is 5. The van der Waals surface area contributed by atoms with Crippen molar-refractivity contribution < 1.29 is 18.9 Å². The van der Waals surface area contributed by atoms with E-state index < -0.39 is 4.92 Å². The second kappa shape index (κ2) is 6.76. The highest BCUT2D eigenvalue weighted by Gasteiger charge is 2.27. The maximum Gasteiger partial charge on any atom is 0.289 e. The Kier molecular flexibility index (Phi) is 4.51. The van der Waals surface area contributed by atoms with Crippen LogP contribution < -0.4 is 0 Å². The summed E-state index contributed by atoms with van der Waals surface area (Å²) >= 11 is 0. The van der Waals surface area contributed by atoms with E-state index in [1.54, 1.807) is 41.0 Å². The summed E-state index contributed by atoms with van der Waals surface area (Å²) < 4.78 is 5.10. The Bertz CT molecular complexity index is 808. The molecule has 130 valence electrons. The van der Waals surface area contributed by atoms with E-state index in [-0.39, 0.29) is 28.8 Å². The van der Waals surface area contributed by atoms with Crippen molar-refractivity contribution in [1.29, 1.82) is 0 Å². The number of nitro benzene ring substituents is 1. The summed E-state index contributed by atoms with van der Waals surface area (Å²) in [6.07, 6.45) is 1.44. The van der Waals surface area contributed by atoms with Crippen molar-refractivity contribution in [3.8, 4) is 0 Å². The third-order valence-electron chi connectivity index (χ3n) is 4.24. The van der Waals surface area contributed by atoms with Crippen LogP contribution in [0.25, 0.3) is 0 Å². The van der Waals surface area contributed by atoms with Gasteiger partial charge in [-0.15, -0.1) is 0 Å². The largest absolute Gasteiger partial charge is 0.459 e. The predicted molar refractivity (Wildman–Crippen MR) is 88.3 cm³/mol. The smallest absolute Gasteiger partial charge is 0.289 e. The molecule has 25 heavy (non-hydrogen) atoms. The van der Waals surface area contributed by atoms with Crippen LogP contribution in [0.1, 0.15) is 26.5 Å². The number of furan rings is 1. The zero-order chi connectivity index (χ0) is 18.0. The van der Waals surface area contributed by atoms with Crippen molar-refractivity contribution in [2.75, 3.05) is 26.2 Å². The average Bonchev–Trinajstić information content (AvgIpc) is 3.15. The zero-order valence-electron chi connectivity index (χ0n) is 13.7. The summed E-state index contributed by atoms with van der Waals surface area (Å²) in [5, 5.41) is 11.0. The molecule has 0 atom stereocenters. The molecule has 0 spiro atoms. The molecule has 1 aliphatic heterocycles. The van der Waals surface area contributed by atoms with Crippen LogP contribution in [0.2, 0.25) is 0 Å². The van der Waals surface area contributed by atoms with Gasteiger partial charge in [0.25, 0.3) is 17.5 Å². The minimum Gasteiger partial charge on any atom is -0.459 e. The highest BCUT2D eigenvalue weighted by Crippen LogP contribution is 2.21. The summed E-state index contributed by atoms with van der Waals surface area (Å²) in [6.45, 7) is 3.14. The monoisotopic (exact) mass is 343 g/mol. The summed E-state index contributed by atoms with van der Waals surface area (Å²) in [5.74, 6) is -0.204. The van der Waals surface area contributed by atoms with Gasteiger partial charge in [0.2, 0.25) is 0 Å². The van der Waals surface area contributed by atoms with Crippen LogP contribution in [0.4, 0.5) is 5.69 Å². The number of carbonyl (C=O) groups excluding carboxylic acids is 2. The lowest BCUT2D eigenvalue weighted by Crippen LogP contribution is -2.50. The van der Waals surface area contributed by atoms with E-state index in [2.05, 4.69) is 0 Å². The normalized spacial score (nSPS) is 14.4. The third kappa shape index (κ3) is 3.37. The molecule has 0 saturated carbocycles. The van der Waals surface area contributed by atoms with Gasteiger partial charge < -0.3 is 14.2 Å². The Morgan fingerprint density at radius 1 is 1.08 bits per heavy atom. The second-order valence-corrected chi connectivity index (χ2v) is 5.82. The number of piperazine rings is 1. The molecule has 1 aromatic carbocycles.